The summed E-state index contributed by atoms with van der Waals surface area (Å²) in [5.41, 5.74) is 3.37. The third-order valence-corrected chi connectivity index (χ3v) is 4.16. The quantitative estimate of drug-likeness (QED) is 0.186. The molecule has 3 amide bonds. The predicted molar refractivity (Wildman–Crippen MR) is 107 cm³/mol. The zero-order chi connectivity index (χ0) is 21.9. The lowest BCUT2D eigenvalue weighted by Crippen LogP contribution is -2.56. The number of nitrogens with one attached hydrogen (secondary N) is 3. The van der Waals surface area contributed by atoms with Crippen molar-refractivity contribution >= 4 is 17.9 Å². The van der Waals surface area contributed by atoms with Gasteiger partial charge in [-0.1, -0.05) is 42.5 Å². The molecule has 0 radical (unpaired) electrons. The first-order valence-electron chi connectivity index (χ1n) is 9.09. The molecule has 0 aliphatic rings. The number of aliphatic hydroxyl groups is 1. The summed E-state index contributed by atoms with van der Waals surface area (Å²) in [6.07, 6.45) is -0.822. The highest BCUT2D eigenvalue weighted by atomic mass is 16.5. The first kappa shape index (κ1) is 22.7. The largest absolute Gasteiger partial charge is 0.508 e. The monoisotopic (exact) mass is 416 g/mol. The van der Waals surface area contributed by atoms with Crippen molar-refractivity contribution in [2.75, 3.05) is 6.61 Å². The van der Waals surface area contributed by atoms with E-state index in [1.165, 1.54) is 12.1 Å². The van der Waals surface area contributed by atoms with E-state index in [1.807, 2.05) is 11.5 Å². The summed E-state index contributed by atoms with van der Waals surface area (Å²) in [5.74, 6) is 3.78. The third kappa shape index (κ3) is 7.08. The lowest BCUT2D eigenvalue weighted by molar-refractivity contribution is -0.130. The molecule has 0 fully saturated rings. The van der Waals surface area contributed by atoms with Crippen molar-refractivity contribution in [2.45, 2.75) is 25.1 Å². The number of hydrazine groups is 1. The second-order valence-electron chi connectivity index (χ2n) is 6.38. The number of amides is 3. The maximum Gasteiger partial charge on any atom is 0.408 e. The van der Waals surface area contributed by atoms with E-state index in [9.17, 15) is 24.6 Å². The Balaban J connectivity index is 1.94. The number of aliphatic hydroxyl groups excluding tert-OH is 1. The Morgan fingerprint density at radius 1 is 0.900 bits per heavy atom. The molecule has 2 aromatic carbocycles. The lowest BCUT2D eigenvalue weighted by Gasteiger charge is -2.21. The van der Waals surface area contributed by atoms with Crippen LogP contribution in [0.3, 0.4) is 0 Å². The zero-order valence-electron chi connectivity index (χ0n) is 16.1. The van der Waals surface area contributed by atoms with E-state index in [0.717, 1.165) is 5.56 Å². The zero-order valence-corrected chi connectivity index (χ0v) is 16.1. The molecular formula is C20H24N4O6. The van der Waals surface area contributed by atoms with Gasteiger partial charge < -0.3 is 25.6 Å². The number of phenols is 1. The maximum absolute atomic E-state index is 12.5. The summed E-state index contributed by atoms with van der Waals surface area (Å²) >= 11 is 0. The minimum Gasteiger partial charge on any atom is -0.508 e. The van der Waals surface area contributed by atoms with Crippen molar-refractivity contribution in [3.05, 3.63) is 65.7 Å². The van der Waals surface area contributed by atoms with Crippen LogP contribution in [0, 0.1) is 0 Å². The molecule has 0 heterocycles. The van der Waals surface area contributed by atoms with Gasteiger partial charge in [0.15, 0.2) is 0 Å². The number of nitrogens with two attached hydrogens (primary N) is 1. The molecule has 7 N–H and O–H groups in total. The summed E-state index contributed by atoms with van der Waals surface area (Å²) in [7, 11) is 0. The van der Waals surface area contributed by atoms with E-state index < -0.39 is 36.6 Å². The standard InChI is InChI=1S/C20H24N4O6/c21-24-19(28)16(10-13-6-8-15(26)9-7-13)22-18(27)17(11-25)23-20(29)30-12-14-4-2-1-3-5-14/h1-9,16-17,25-26H,10-12,21H2,(H,22,27)(H,23,29)(H,24,28)/t16-,17+/m1/s1. The predicted octanol–water partition coefficient (Wildman–Crippen LogP) is -0.303. The minimum absolute atomic E-state index is 0.00843. The molecule has 2 rings (SSSR count). The number of hydrogen-bond acceptors (Lipinski definition) is 7. The Morgan fingerprint density at radius 2 is 1.57 bits per heavy atom. The number of hydrogen-bond donors (Lipinski definition) is 6. The van der Waals surface area contributed by atoms with Crippen molar-refractivity contribution in [2.24, 2.45) is 5.84 Å². The summed E-state index contributed by atoms with van der Waals surface area (Å²) in [4.78, 5) is 36.4. The van der Waals surface area contributed by atoms with Gasteiger partial charge in [0.1, 0.15) is 24.4 Å². The van der Waals surface area contributed by atoms with E-state index in [4.69, 9.17) is 10.6 Å². The minimum atomic E-state index is -1.33. The van der Waals surface area contributed by atoms with Gasteiger partial charge in [0.25, 0.3) is 5.91 Å². The van der Waals surface area contributed by atoms with Crippen LogP contribution in [-0.4, -0.2) is 46.8 Å². The molecule has 0 bridgehead atoms. The number of aromatic hydroxyl groups is 1. The number of alkyl carbamates (subject to hydrolysis) is 1. The Bertz CT molecular complexity index is 844. The Morgan fingerprint density at radius 3 is 2.17 bits per heavy atom. The van der Waals surface area contributed by atoms with Crippen molar-refractivity contribution in [1.82, 2.24) is 16.1 Å². The van der Waals surface area contributed by atoms with Gasteiger partial charge in [-0.15, -0.1) is 0 Å². The van der Waals surface area contributed by atoms with E-state index in [0.29, 0.717) is 5.56 Å². The normalized spacial score (nSPS) is 12.3. The molecule has 0 aliphatic heterocycles. The number of benzene rings is 2. The molecule has 0 aromatic heterocycles. The molecule has 0 saturated carbocycles. The highest BCUT2D eigenvalue weighted by molar-refractivity contribution is 5.91. The molecule has 0 aliphatic carbocycles. The van der Waals surface area contributed by atoms with Crippen LogP contribution in [0.4, 0.5) is 4.79 Å². The average Bonchev–Trinajstić information content (AvgIpc) is 2.77. The third-order valence-electron chi connectivity index (χ3n) is 4.16. The van der Waals surface area contributed by atoms with E-state index >= 15 is 0 Å². The van der Waals surface area contributed by atoms with Crippen molar-refractivity contribution in [1.29, 1.82) is 0 Å². The van der Waals surface area contributed by atoms with Crippen LogP contribution < -0.4 is 21.9 Å². The van der Waals surface area contributed by atoms with Crippen LogP contribution in [0.5, 0.6) is 5.75 Å². The van der Waals surface area contributed by atoms with Gasteiger partial charge in [0.2, 0.25) is 5.91 Å². The summed E-state index contributed by atoms with van der Waals surface area (Å²) < 4.78 is 5.03. The van der Waals surface area contributed by atoms with Crippen LogP contribution in [-0.2, 0) is 27.4 Å². The van der Waals surface area contributed by atoms with Crippen LogP contribution in [0.15, 0.2) is 54.6 Å². The molecular weight excluding hydrogens is 392 g/mol. The fourth-order valence-electron chi connectivity index (χ4n) is 2.55. The number of carbonyl (C=O) groups excluding carboxylic acids is 3. The smallest absolute Gasteiger partial charge is 0.408 e. The van der Waals surface area contributed by atoms with Crippen LogP contribution >= 0.6 is 0 Å². The second kappa shape index (κ2) is 11.4. The van der Waals surface area contributed by atoms with Gasteiger partial charge >= 0.3 is 6.09 Å². The fourth-order valence-corrected chi connectivity index (χ4v) is 2.55. The van der Waals surface area contributed by atoms with Gasteiger partial charge in [0, 0.05) is 6.42 Å². The fraction of sp³-hybridized carbons (Fsp3) is 0.250. The van der Waals surface area contributed by atoms with Gasteiger partial charge in [-0.25, -0.2) is 10.6 Å². The molecule has 0 unspecified atom stereocenters. The molecule has 30 heavy (non-hydrogen) atoms. The van der Waals surface area contributed by atoms with Crippen molar-refractivity contribution in [3.8, 4) is 5.75 Å². The second-order valence-corrected chi connectivity index (χ2v) is 6.38. The Labute approximate surface area is 173 Å². The number of rotatable bonds is 9. The van der Waals surface area contributed by atoms with Crippen molar-refractivity contribution in [3.63, 3.8) is 0 Å². The highest BCUT2D eigenvalue weighted by Gasteiger charge is 2.26. The SMILES string of the molecule is NNC(=O)[C@@H](Cc1ccc(O)cc1)NC(=O)[C@H](CO)NC(=O)OCc1ccccc1. The molecule has 10 nitrogen and oxygen atoms in total. The first-order valence-corrected chi connectivity index (χ1v) is 9.09. The molecule has 0 saturated heterocycles. The topological polar surface area (TPSA) is 163 Å². The summed E-state index contributed by atoms with van der Waals surface area (Å²) in [6.45, 7) is -0.714. The highest BCUT2D eigenvalue weighted by Crippen LogP contribution is 2.11. The van der Waals surface area contributed by atoms with E-state index in [2.05, 4.69) is 10.6 Å². The van der Waals surface area contributed by atoms with Gasteiger partial charge in [-0.2, -0.15) is 0 Å². The molecule has 2 atom stereocenters. The van der Waals surface area contributed by atoms with Crippen LogP contribution in [0.2, 0.25) is 0 Å². The molecule has 160 valence electrons. The first-order chi connectivity index (χ1) is 14.4. The van der Waals surface area contributed by atoms with Gasteiger partial charge in [-0.3, -0.25) is 15.0 Å². The van der Waals surface area contributed by atoms with Gasteiger partial charge in [-0.05, 0) is 23.3 Å². The van der Waals surface area contributed by atoms with Crippen molar-refractivity contribution < 1.29 is 29.3 Å². The Hall–Kier alpha value is -3.63. The number of phenolic OH excluding ortho intramolecular Hbond substituents is 1. The van der Waals surface area contributed by atoms with Crippen LogP contribution in [0.1, 0.15) is 11.1 Å². The summed E-state index contributed by atoms with van der Waals surface area (Å²) in [6, 6.07) is 12.6. The average molecular weight is 416 g/mol. The molecule has 10 heteroatoms. The van der Waals surface area contributed by atoms with E-state index in [-0.39, 0.29) is 18.8 Å². The lowest BCUT2D eigenvalue weighted by atomic mass is 10.0. The Kier molecular flexibility index (Phi) is 8.60. The summed E-state index contributed by atoms with van der Waals surface area (Å²) in [5, 5.41) is 23.5. The number of carbonyl (C=O) groups is 3. The number of ether oxygens (including phenoxy) is 1. The van der Waals surface area contributed by atoms with Crippen LogP contribution in [0.25, 0.3) is 0 Å². The molecule has 2 aromatic rings. The molecule has 0 spiro atoms. The maximum atomic E-state index is 12.5. The van der Waals surface area contributed by atoms with Gasteiger partial charge in [0.05, 0.1) is 6.61 Å². The van der Waals surface area contributed by atoms with E-state index in [1.54, 1.807) is 36.4 Å².